The van der Waals surface area contributed by atoms with Crippen LogP contribution in [0.3, 0.4) is 0 Å². The number of rotatable bonds is 5. The number of para-hydroxylation sites is 1. The Hall–Kier alpha value is -2.24. The van der Waals surface area contributed by atoms with Gasteiger partial charge >= 0.3 is 0 Å². The van der Waals surface area contributed by atoms with E-state index >= 15 is 0 Å². The predicted octanol–water partition coefficient (Wildman–Crippen LogP) is 2.69. The molecule has 0 radical (unpaired) electrons. The molecule has 1 aromatic carbocycles. The Balaban J connectivity index is 1.40. The molecule has 0 aliphatic carbocycles. The highest BCUT2D eigenvalue weighted by Crippen LogP contribution is 2.16. The van der Waals surface area contributed by atoms with Gasteiger partial charge in [0.1, 0.15) is 0 Å². The summed E-state index contributed by atoms with van der Waals surface area (Å²) in [6.07, 6.45) is 6.04. The molecule has 2 aromatic heterocycles. The minimum Gasteiger partial charge on any atom is -0.379 e. The molecule has 1 fully saturated rings. The molecular weight excluding hydrogens is 300 g/mol. The summed E-state index contributed by atoms with van der Waals surface area (Å²) in [6.45, 7) is 4.95. The van der Waals surface area contributed by atoms with Crippen LogP contribution in [0, 0.1) is 0 Å². The van der Waals surface area contributed by atoms with Crippen molar-refractivity contribution in [3.63, 3.8) is 0 Å². The first-order valence-electron chi connectivity index (χ1n) is 8.58. The second-order valence-electron chi connectivity index (χ2n) is 6.20. The van der Waals surface area contributed by atoms with E-state index in [2.05, 4.69) is 28.1 Å². The Morgan fingerprint density at radius 3 is 2.88 bits per heavy atom. The zero-order valence-corrected chi connectivity index (χ0v) is 13.8. The summed E-state index contributed by atoms with van der Waals surface area (Å²) >= 11 is 0. The number of morpholine rings is 1. The van der Waals surface area contributed by atoms with Crippen molar-refractivity contribution in [1.82, 2.24) is 19.7 Å². The van der Waals surface area contributed by atoms with Gasteiger partial charge in [0.05, 0.1) is 36.3 Å². The maximum atomic E-state index is 5.38. The van der Waals surface area contributed by atoms with Crippen LogP contribution in [-0.2, 0) is 11.2 Å². The van der Waals surface area contributed by atoms with Crippen LogP contribution in [0.25, 0.3) is 16.6 Å². The second kappa shape index (κ2) is 7.11. The average molecular weight is 322 g/mol. The first-order valence-corrected chi connectivity index (χ1v) is 8.58. The van der Waals surface area contributed by atoms with Crippen LogP contribution in [0.15, 0.2) is 48.8 Å². The van der Waals surface area contributed by atoms with E-state index in [-0.39, 0.29) is 0 Å². The van der Waals surface area contributed by atoms with Crippen LogP contribution in [0.4, 0.5) is 0 Å². The third-order valence-corrected chi connectivity index (χ3v) is 4.50. The summed E-state index contributed by atoms with van der Waals surface area (Å²) in [6, 6.07) is 12.4. The van der Waals surface area contributed by atoms with Crippen molar-refractivity contribution >= 4 is 10.9 Å². The molecule has 0 saturated carbocycles. The van der Waals surface area contributed by atoms with Gasteiger partial charge in [-0.15, -0.1) is 0 Å². The van der Waals surface area contributed by atoms with E-state index in [1.807, 2.05) is 35.3 Å². The average Bonchev–Trinajstić information content (AvgIpc) is 3.11. The maximum absolute atomic E-state index is 5.38. The zero-order valence-electron chi connectivity index (χ0n) is 13.8. The lowest BCUT2D eigenvalue weighted by atomic mass is 10.2. The largest absolute Gasteiger partial charge is 0.379 e. The highest BCUT2D eigenvalue weighted by atomic mass is 16.5. The quantitative estimate of drug-likeness (QED) is 0.724. The van der Waals surface area contributed by atoms with Crippen molar-refractivity contribution in [3.05, 3.63) is 54.5 Å². The third kappa shape index (κ3) is 3.47. The van der Waals surface area contributed by atoms with Crippen LogP contribution in [0.1, 0.15) is 12.1 Å². The van der Waals surface area contributed by atoms with Crippen molar-refractivity contribution in [2.75, 3.05) is 32.8 Å². The normalized spacial score (nSPS) is 15.8. The predicted molar refractivity (Wildman–Crippen MR) is 94.4 cm³/mol. The van der Waals surface area contributed by atoms with E-state index in [4.69, 9.17) is 9.84 Å². The lowest BCUT2D eigenvalue weighted by Gasteiger charge is -2.26. The molecule has 24 heavy (non-hydrogen) atoms. The summed E-state index contributed by atoms with van der Waals surface area (Å²) < 4.78 is 7.30. The minimum atomic E-state index is 0.865. The van der Waals surface area contributed by atoms with Gasteiger partial charge in [-0.1, -0.05) is 18.2 Å². The van der Waals surface area contributed by atoms with Crippen molar-refractivity contribution in [1.29, 1.82) is 0 Å². The van der Waals surface area contributed by atoms with Crippen molar-refractivity contribution < 1.29 is 4.74 Å². The number of aromatic nitrogens is 3. The molecule has 1 aliphatic rings. The fraction of sp³-hybridized carbons (Fsp3) is 0.368. The van der Waals surface area contributed by atoms with Crippen molar-refractivity contribution in [2.45, 2.75) is 12.8 Å². The van der Waals surface area contributed by atoms with E-state index in [1.54, 1.807) is 0 Å². The first-order chi connectivity index (χ1) is 11.9. The van der Waals surface area contributed by atoms with Crippen LogP contribution in [-0.4, -0.2) is 52.5 Å². The number of hydrogen-bond acceptors (Lipinski definition) is 4. The van der Waals surface area contributed by atoms with Gasteiger partial charge in [0, 0.05) is 24.7 Å². The highest BCUT2D eigenvalue weighted by Gasteiger charge is 2.10. The van der Waals surface area contributed by atoms with E-state index in [9.17, 15) is 0 Å². The molecule has 0 amide bonds. The van der Waals surface area contributed by atoms with E-state index in [1.165, 1.54) is 0 Å². The van der Waals surface area contributed by atoms with E-state index < -0.39 is 0 Å². The molecule has 0 bridgehead atoms. The van der Waals surface area contributed by atoms with Gasteiger partial charge in [-0.3, -0.25) is 9.88 Å². The minimum absolute atomic E-state index is 0.865. The van der Waals surface area contributed by atoms with Gasteiger partial charge in [-0.25, -0.2) is 4.68 Å². The molecule has 5 heteroatoms. The standard InChI is InChI=1S/C19H22N4O/c1-2-6-19-16(4-1)14-18(15-20-19)23-9-7-17(21-23)5-3-8-22-10-12-24-13-11-22/h1-2,4,6-7,9,14-15H,3,5,8,10-13H2. The van der Waals surface area contributed by atoms with Crippen molar-refractivity contribution in [3.8, 4) is 5.69 Å². The number of benzene rings is 1. The molecule has 0 N–H and O–H groups in total. The Kier molecular flexibility index (Phi) is 4.53. The van der Waals surface area contributed by atoms with Crippen LogP contribution >= 0.6 is 0 Å². The number of ether oxygens (including phenoxy) is 1. The Morgan fingerprint density at radius 2 is 1.96 bits per heavy atom. The fourth-order valence-corrected chi connectivity index (χ4v) is 3.13. The molecule has 124 valence electrons. The topological polar surface area (TPSA) is 43.2 Å². The van der Waals surface area contributed by atoms with Gasteiger partial charge in [0.15, 0.2) is 0 Å². The Labute approximate surface area is 141 Å². The van der Waals surface area contributed by atoms with Crippen molar-refractivity contribution in [2.24, 2.45) is 0 Å². The van der Waals surface area contributed by atoms with Gasteiger partial charge < -0.3 is 4.74 Å². The summed E-state index contributed by atoms with van der Waals surface area (Å²) in [5.41, 5.74) is 3.16. The number of aryl methyl sites for hydroxylation is 1. The lowest BCUT2D eigenvalue weighted by Crippen LogP contribution is -2.36. The molecule has 0 atom stereocenters. The van der Waals surface area contributed by atoms with Crippen LogP contribution < -0.4 is 0 Å². The smallest absolute Gasteiger partial charge is 0.0835 e. The molecular formula is C19H22N4O. The summed E-state index contributed by atoms with van der Waals surface area (Å²) in [4.78, 5) is 6.98. The monoisotopic (exact) mass is 322 g/mol. The zero-order chi connectivity index (χ0) is 16.2. The van der Waals surface area contributed by atoms with Crippen LogP contribution in [0.2, 0.25) is 0 Å². The third-order valence-electron chi connectivity index (χ3n) is 4.50. The summed E-state index contributed by atoms with van der Waals surface area (Å²) in [5, 5.41) is 5.84. The molecule has 0 spiro atoms. The number of nitrogens with zero attached hydrogens (tertiary/aromatic N) is 4. The second-order valence-corrected chi connectivity index (χ2v) is 6.20. The summed E-state index contributed by atoms with van der Waals surface area (Å²) in [5.74, 6) is 0. The SMILES string of the molecule is c1ccc2ncc(-n3ccc(CCCN4CCOCC4)n3)cc2c1. The van der Waals surface area contributed by atoms with Gasteiger partial charge in [0.25, 0.3) is 0 Å². The number of pyridine rings is 1. The molecule has 5 nitrogen and oxygen atoms in total. The molecule has 1 aliphatic heterocycles. The van der Waals surface area contributed by atoms with Gasteiger partial charge in [0.2, 0.25) is 0 Å². The van der Waals surface area contributed by atoms with E-state index in [0.717, 1.165) is 68.0 Å². The van der Waals surface area contributed by atoms with Crippen LogP contribution in [0.5, 0.6) is 0 Å². The van der Waals surface area contributed by atoms with E-state index in [0.29, 0.717) is 0 Å². The fourth-order valence-electron chi connectivity index (χ4n) is 3.13. The Morgan fingerprint density at radius 1 is 1.08 bits per heavy atom. The molecule has 3 heterocycles. The molecule has 3 aromatic rings. The highest BCUT2D eigenvalue weighted by molar-refractivity contribution is 5.79. The maximum Gasteiger partial charge on any atom is 0.0835 e. The number of hydrogen-bond donors (Lipinski definition) is 0. The number of fused-ring (bicyclic) bond motifs is 1. The van der Waals surface area contributed by atoms with Gasteiger partial charge in [-0.2, -0.15) is 5.10 Å². The Bertz CT molecular complexity index is 808. The molecule has 1 saturated heterocycles. The lowest BCUT2D eigenvalue weighted by molar-refractivity contribution is 0.0374. The summed E-state index contributed by atoms with van der Waals surface area (Å²) in [7, 11) is 0. The van der Waals surface area contributed by atoms with Gasteiger partial charge in [-0.05, 0) is 37.6 Å². The molecule has 4 rings (SSSR count). The first kappa shape index (κ1) is 15.3. The molecule has 0 unspecified atom stereocenters.